The molecule has 0 aliphatic heterocycles. The maximum atomic E-state index is 6.12. The topological polar surface area (TPSA) is 65.4 Å². The van der Waals surface area contributed by atoms with E-state index in [2.05, 4.69) is 35.2 Å². The Morgan fingerprint density at radius 3 is 2.75 bits per heavy atom. The standard InChI is InChI=1S/C19H18N4O/c1-12-6-3-4-7-13(12)10-14-11-16-15-8-5-9-17(24-2)18(15)21-19(20)23(16)22-14/h3-9,11H,10H2,1-2H3,(H2,20,21). The molecule has 4 aromatic rings. The number of aryl methyl sites for hydroxylation is 1. The Labute approximate surface area is 139 Å². The van der Waals surface area contributed by atoms with Crippen molar-refractivity contribution in [2.75, 3.05) is 12.8 Å². The van der Waals surface area contributed by atoms with Crippen LogP contribution in [0.3, 0.4) is 0 Å². The van der Waals surface area contributed by atoms with Crippen LogP contribution in [0.15, 0.2) is 48.5 Å². The number of benzene rings is 2. The number of hydrogen-bond acceptors (Lipinski definition) is 4. The lowest BCUT2D eigenvalue weighted by Crippen LogP contribution is -2.03. The number of methoxy groups -OCH3 is 1. The van der Waals surface area contributed by atoms with Gasteiger partial charge >= 0.3 is 0 Å². The van der Waals surface area contributed by atoms with E-state index in [1.807, 2.05) is 30.3 Å². The summed E-state index contributed by atoms with van der Waals surface area (Å²) in [4.78, 5) is 4.47. The fourth-order valence-electron chi connectivity index (χ4n) is 3.06. The van der Waals surface area contributed by atoms with Crippen molar-refractivity contribution in [1.29, 1.82) is 0 Å². The molecular weight excluding hydrogens is 300 g/mol. The van der Waals surface area contributed by atoms with Gasteiger partial charge in [0.25, 0.3) is 0 Å². The van der Waals surface area contributed by atoms with E-state index < -0.39 is 0 Å². The molecular formula is C19H18N4O. The second-order valence-corrected chi connectivity index (χ2v) is 5.86. The molecule has 2 N–H and O–H groups in total. The van der Waals surface area contributed by atoms with Crippen LogP contribution in [0.25, 0.3) is 16.4 Å². The first kappa shape index (κ1) is 14.5. The highest BCUT2D eigenvalue weighted by atomic mass is 16.5. The largest absolute Gasteiger partial charge is 0.494 e. The molecule has 2 aromatic heterocycles. The Kier molecular flexibility index (Phi) is 3.34. The van der Waals surface area contributed by atoms with E-state index >= 15 is 0 Å². The molecule has 0 saturated carbocycles. The maximum Gasteiger partial charge on any atom is 0.222 e. The first-order chi connectivity index (χ1) is 11.7. The summed E-state index contributed by atoms with van der Waals surface area (Å²) in [6, 6.07) is 16.3. The fraction of sp³-hybridized carbons (Fsp3) is 0.158. The molecule has 2 aromatic carbocycles. The Balaban J connectivity index is 1.90. The predicted molar refractivity (Wildman–Crippen MR) is 95.4 cm³/mol. The van der Waals surface area contributed by atoms with E-state index in [0.717, 1.165) is 28.5 Å². The maximum absolute atomic E-state index is 6.12. The third kappa shape index (κ3) is 2.25. The number of para-hydroxylation sites is 1. The summed E-state index contributed by atoms with van der Waals surface area (Å²) in [5.74, 6) is 1.07. The molecule has 0 aliphatic carbocycles. The quantitative estimate of drug-likeness (QED) is 0.629. The zero-order valence-electron chi connectivity index (χ0n) is 13.7. The summed E-state index contributed by atoms with van der Waals surface area (Å²) in [7, 11) is 1.64. The average Bonchev–Trinajstić information content (AvgIpc) is 3.01. The number of nitrogens with two attached hydrogens (primary N) is 1. The Hall–Kier alpha value is -3.08. The van der Waals surface area contributed by atoms with Crippen LogP contribution >= 0.6 is 0 Å². The molecule has 0 atom stereocenters. The Morgan fingerprint density at radius 2 is 1.96 bits per heavy atom. The van der Waals surface area contributed by atoms with Crippen molar-refractivity contribution in [1.82, 2.24) is 14.6 Å². The zero-order chi connectivity index (χ0) is 16.7. The first-order valence-corrected chi connectivity index (χ1v) is 7.82. The minimum Gasteiger partial charge on any atom is -0.494 e. The van der Waals surface area contributed by atoms with Gasteiger partial charge in [0.15, 0.2) is 0 Å². The average molecular weight is 318 g/mol. The van der Waals surface area contributed by atoms with Crippen LogP contribution in [0.1, 0.15) is 16.8 Å². The number of ether oxygens (including phenoxy) is 1. The van der Waals surface area contributed by atoms with Crippen molar-refractivity contribution in [2.24, 2.45) is 0 Å². The summed E-state index contributed by atoms with van der Waals surface area (Å²) >= 11 is 0. The Morgan fingerprint density at radius 1 is 1.12 bits per heavy atom. The van der Waals surface area contributed by atoms with E-state index in [9.17, 15) is 0 Å². The molecule has 5 nitrogen and oxygen atoms in total. The number of fused-ring (bicyclic) bond motifs is 3. The number of hydrogen-bond donors (Lipinski definition) is 1. The molecule has 0 saturated heterocycles. The highest BCUT2D eigenvalue weighted by molar-refractivity contribution is 5.97. The molecule has 120 valence electrons. The molecule has 0 spiro atoms. The molecule has 0 radical (unpaired) electrons. The van der Waals surface area contributed by atoms with Gasteiger partial charge < -0.3 is 10.5 Å². The summed E-state index contributed by atoms with van der Waals surface area (Å²) < 4.78 is 7.11. The summed E-state index contributed by atoms with van der Waals surface area (Å²) in [6.45, 7) is 2.11. The van der Waals surface area contributed by atoms with Crippen LogP contribution in [0.5, 0.6) is 5.75 Å². The van der Waals surface area contributed by atoms with Crippen molar-refractivity contribution >= 4 is 22.4 Å². The van der Waals surface area contributed by atoms with Gasteiger partial charge in [-0.05, 0) is 30.2 Å². The van der Waals surface area contributed by atoms with Crippen molar-refractivity contribution in [3.63, 3.8) is 0 Å². The number of nitrogens with zero attached hydrogens (tertiary/aromatic N) is 3. The lowest BCUT2D eigenvalue weighted by atomic mass is 10.0. The third-order valence-electron chi connectivity index (χ3n) is 4.33. The summed E-state index contributed by atoms with van der Waals surface area (Å²) in [5.41, 5.74) is 11.3. The van der Waals surface area contributed by atoms with Gasteiger partial charge in [-0.1, -0.05) is 36.4 Å². The van der Waals surface area contributed by atoms with Crippen molar-refractivity contribution in [2.45, 2.75) is 13.3 Å². The van der Waals surface area contributed by atoms with Crippen molar-refractivity contribution in [3.05, 3.63) is 65.4 Å². The Bertz CT molecular complexity index is 1050. The minimum atomic E-state index is 0.359. The SMILES string of the molecule is COc1cccc2c1nc(N)n1nc(Cc3ccccc3C)cc21. The second-order valence-electron chi connectivity index (χ2n) is 5.86. The van der Waals surface area contributed by atoms with Crippen LogP contribution in [-0.4, -0.2) is 21.7 Å². The van der Waals surface area contributed by atoms with Crippen LogP contribution in [-0.2, 0) is 6.42 Å². The van der Waals surface area contributed by atoms with Gasteiger partial charge in [-0.3, -0.25) is 0 Å². The molecule has 5 heteroatoms. The van der Waals surface area contributed by atoms with Gasteiger partial charge in [0, 0.05) is 11.8 Å². The van der Waals surface area contributed by atoms with Gasteiger partial charge in [-0.15, -0.1) is 0 Å². The van der Waals surface area contributed by atoms with E-state index in [-0.39, 0.29) is 0 Å². The predicted octanol–water partition coefficient (Wildman–Crippen LogP) is 3.37. The monoisotopic (exact) mass is 318 g/mol. The van der Waals surface area contributed by atoms with Gasteiger partial charge in [0.2, 0.25) is 5.95 Å². The highest BCUT2D eigenvalue weighted by Gasteiger charge is 2.13. The first-order valence-electron chi connectivity index (χ1n) is 7.82. The van der Waals surface area contributed by atoms with Gasteiger partial charge in [0.1, 0.15) is 11.3 Å². The molecule has 24 heavy (non-hydrogen) atoms. The van der Waals surface area contributed by atoms with E-state index in [1.54, 1.807) is 11.6 Å². The van der Waals surface area contributed by atoms with Crippen LogP contribution < -0.4 is 10.5 Å². The van der Waals surface area contributed by atoms with E-state index in [4.69, 9.17) is 10.5 Å². The highest BCUT2D eigenvalue weighted by Crippen LogP contribution is 2.29. The van der Waals surface area contributed by atoms with Crippen LogP contribution in [0.4, 0.5) is 5.95 Å². The summed E-state index contributed by atoms with van der Waals surface area (Å²) in [6.07, 6.45) is 0.763. The second kappa shape index (κ2) is 5.53. The lowest BCUT2D eigenvalue weighted by molar-refractivity contribution is 0.419. The molecule has 0 unspecified atom stereocenters. The number of anilines is 1. The fourth-order valence-corrected chi connectivity index (χ4v) is 3.06. The van der Waals surface area contributed by atoms with Crippen molar-refractivity contribution < 1.29 is 4.74 Å². The van der Waals surface area contributed by atoms with Gasteiger partial charge in [-0.2, -0.15) is 9.61 Å². The van der Waals surface area contributed by atoms with Crippen molar-refractivity contribution in [3.8, 4) is 5.75 Å². The molecule has 0 fully saturated rings. The summed E-state index contributed by atoms with van der Waals surface area (Å²) in [5, 5.41) is 5.62. The van der Waals surface area contributed by atoms with Crippen LogP contribution in [0, 0.1) is 6.92 Å². The smallest absolute Gasteiger partial charge is 0.222 e. The number of nitrogen functional groups attached to an aromatic ring is 1. The van der Waals surface area contributed by atoms with E-state index in [0.29, 0.717) is 11.7 Å². The molecule has 4 rings (SSSR count). The molecule has 0 bridgehead atoms. The normalized spacial score (nSPS) is 11.2. The van der Waals surface area contributed by atoms with Crippen LogP contribution in [0.2, 0.25) is 0 Å². The third-order valence-corrected chi connectivity index (χ3v) is 4.33. The van der Waals surface area contributed by atoms with Gasteiger partial charge in [0.05, 0.1) is 18.3 Å². The molecule has 2 heterocycles. The minimum absolute atomic E-state index is 0.359. The zero-order valence-corrected chi connectivity index (χ0v) is 13.7. The number of aromatic nitrogens is 3. The molecule has 0 aliphatic rings. The van der Waals surface area contributed by atoms with E-state index in [1.165, 1.54) is 11.1 Å². The molecule has 0 amide bonds. The number of rotatable bonds is 3. The lowest BCUT2D eigenvalue weighted by Gasteiger charge is -2.07. The van der Waals surface area contributed by atoms with Gasteiger partial charge in [-0.25, -0.2) is 4.98 Å².